The van der Waals surface area contributed by atoms with Crippen molar-refractivity contribution in [2.75, 3.05) is 12.0 Å². The van der Waals surface area contributed by atoms with Gasteiger partial charge < -0.3 is 11.5 Å². The van der Waals surface area contributed by atoms with Gasteiger partial charge in [-0.1, -0.05) is 6.07 Å². The summed E-state index contributed by atoms with van der Waals surface area (Å²) in [5.41, 5.74) is 12.0. The van der Waals surface area contributed by atoms with Crippen LogP contribution in [-0.2, 0) is 6.54 Å². The van der Waals surface area contributed by atoms with E-state index in [9.17, 15) is 0 Å². The van der Waals surface area contributed by atoms with Gasteiger partial charge in [-0.3, -0.25) is 0 Å². The molecule has 0 spiro atoms. The van der Waals surface area contributed by atoms with Crippen LogP contribution in [0.15, 0.2) is 17.2 Å². The van der Waals surface area contributed by atoms with E-state index in [4.69, 9.17) is 11.5 Å². The first kappa shape index (κ1) is 8.36. The van der Waals surface area contributed by atoms with Crippen LogP contribution in [0.25, 0.3) is 0 Å². The van der Waals surface area contributed by atoms with E-state index < -0.39 is 0 Å². The maximum atomic E-state index is 5.49. The Morgan fingerprint density at radius 3 is 2.82 bits per heavy atom. The molecule has 1 aromatic heterocycles. The Morgan fingerprint density at radius 2 is 2.27 bits per heavy atom. The summed E-state index contributed by atoms with van der Waals surface area (Å²) >= 11 is 1.56. The summed E-state index contributed by atoms with van der Waals surface area (Å²) in [6.45, 7) is 0.517. The largest absolute Gasteiger partial charge is 0.384 e. The van der Waals surface area contributed by atoms with Gasteiger partial charge in [-0.25, -0.2) is 4.98 Å². The molecule has 0 saturated carbocycles. The van der Waals surface area contributed by atoms with Crippen LogP contribution in [0, 0.1) is 0 Å². The first-order valence-corrected chi connectivity index (χ1v) is 4.50. The van der Waals surface area contributed by atoms with Crippen LogP contribution in [-0.4, -0.2) is 11.2 Å². The van der Waals surface area contributed by atoms with Crippen LogP contribution < -0.4 is 11.5 Å². The fraction of sp³-hybridized carbons (Fsp3) is 0.286. The Kier molecular flexibility index (Phi) is 2.73. The summed E-state index contributed by atoms with van der Waals surface area (Å²) in [6, 6.07) is 3.68. The van der Waals surface area contributed by atoms with Crippen molar-refractivity contribution in [1.29, 1.82) is 0 Å². The smallest absolute Gasteiger partial charge is 0.124 e. The standard InChI is InChI=1S/C7H11N3S/c1-11-7-5(4-8)2-3-6(9)10-7/h2-3H,4,8H2,1H3,(H2,9,10). The molecule has 1 heterocycles. The number of hydrogen-bond donors (Lipinski definition) is 2. The van der Waals surface area contributed by atoms with Gasteiger partial charge in [0.1, 0.15) is 10.8 Å². The molecule has 60 valence electrons. The van der Waals surface area contributed by atoms with Gasteiger partial charge in [-0.05, 0) is 17.9 Å². The molecule has 0 fully saturated rings. The molecule has 0 amide bonds. The number of pyridine rings is 1. The SMILES string of the molecule is CSc1nc(N)ccc1CN. The van der Waals surface area contributed by atoms with Gasteiger partial charge in [-0.15, -0.1) is 11.8 Å². The first-order chi connectivity index (χ1) is 5.27. The number of nitrogen functional groups attached to an aromatic ring is 1. The maximum absolute atomic E-state index is 5.49. The molecule has 0 aliphatic rings. The van der Waals surface area contributed by atoms with Crippen molar-refractivity contribution in [3.63, 3.8) is 0 Å². The molecule has 0 aliphatic carbocycles. The lowest BCUT2D eigenvalue weighted by Gasteiger charge is -2.03. The highest BCUT2D eigenvalue weighted by molar-refractivity contribution is 7.98. The Labute approximate surface area is 70.2 Å². The van der Waals surface area contributed by atoms with Gasteiger partial charge in [0.2, 0.25) is 0 Å². The third kappa shape index (κ3) is 1.85. The zero-order valence-corrected chi connectivity index (χ0v) is 7.19. The van der Waals surface area contributed by atoms with Gasteiger partial charge in [0.05, 0.1) is 0 Å². The van der Waals surface area contributed by atoms with Gasteiger partial charge in [0.25, 0.3) is 0 Å². The van der Waals surface area contributed by atoms with E-state index >= 15 is 0 Å². The highest BCUT2D eigenvalue weighted by Crippen LogP contribution is 2.18. The number of anilines is 1. The normalized spacial score (nSPS) is 10.0. The Bertz CT molecular complexity index is 249. The van der Waals surface area contributed by atoms with Crippen molar-refractivity contribution in [3.8, 4) is 0 Å². The number of thioether (sulfide) groups is 1. The summed E-state index contributed by atoms with van der Waals surface area (Å²) in [5, 5.41) is 0.924. The molecule has 0 radical (unpaired) electrons. The average molecular weight is 169 g/mol. The van der Waals surface area contributed by atoms with E-state index in [1.54, 1.807) is 17.8 Å². The molecule has 0 unspecified atom stereocenters. The third-order valence-electron chi connectivity index (χ3n) is 1.37. The summed E-state index contributed by atoms with van der Waals surface area (Å²) in [4.78, 5) is 4.12. The van der Waals surface area contributed by atoms with E-state index in [0.717, 1.165) is 10.6 Å². The lowest BCUT2D eigenvalue weighted by molar-refractivity contribution is 0.970. The van der Waals surface area contributed by atoms with Gasteiger partial charge in [0.15, 0.2) is 0 Å². The minimum absolute atomic E-state index is 0.517. The molecule has 1 aromatic rings. The molecule has 0 saturated heterocycles. The van der Waals surface area contributed by atoms with E-state index in [-0.39, 0.29) is 0 Å². The summed E-state index contributed by atoms with van der Waals surface area (Å²) in [7, 11) is 0. The minimum atomic E-state index is 0.517. The first-order valence-electron chi connectivity index (χ1n) is 3.27. The van der Waals surface area contributed by atoms with Crippen LogP contribution in [0.1, 0.15) is 5.56 Å². The quantitative estimate of drug-likeness (QED) is 0.644. The van der Waals surface area contributed by atoms with E-state index in [1.807, 2.05) is 12.3 Å². The second-order valence-electron chi connectivity index (χ2n) is 2.11. The van der Waals surface area contributed by atoms with Crippen LogP contribution in [0.2, 0.25) is 0 Å². The van der Waals surface area contributed by atoms with Crippen molar-refractivity contribution in [1.82, 2.24) is 4.98 Å². The number of nitrogens with zero attached hydrogens (tertiary/aromatic N) is 1. The molecule has 1 rings (SSSR count). The zero-order valence-electron chi connectivity index (χ0n) is 6.37. The molecular weight excluding hydrogens is 158 g/mol. The van der Waals surface area contributed by atoms with Crippen LogP contribution >= 0.6 is 11.8 Å². The molecule has 4 heteroatoms. The molecule has 0 atom stereocenters. The van der Waals surface area contributed by atoms with Gasteiger partial charge in [0, 0.05) is 6.54 Å². The topological polar surface area (TPSA) is 64.9 Å². The number of aromatic nitrogens is 1. The molecule has 0 aliphatic heterocycles. The fourth-order valence-corrected chi connectivity index (χ4v) is 1.43. The number of rotatable bonds is 2. The van der Waals surface area contributed by atoms with Crippen molar-refractivity contribution in [2.45, 2.75) is 11.6 Å². The van der Waals surface area contributed by atoms with Crippen molar-refractivity contribution < 1.29 is 0 Å². The molecule has 0 bridgehead atoms. The van der Waals surface area contributed by atoms with Crippen LogP contribution in [0.4, 0.5) is 5.82 Å². The fourth-order valence-electron chi connectivity index (χ4n) is 0.816. The average Bonchev–Trinajstić information content (AvgIpc) is 2.04. The van der Waals surface area contributed by atoms with Crippen molar-refractivity contribution in [3.05, 3.63) is 17.7 Å². The van der Waals surface area contributed by atoms with Crippen LogP contribution in [0.5, 0.6) is 0 Å². The summed E-state index contributed by atoms with van der Waals surface area (Å²) in [6.07, 6.45) is 1.96. The second kappa shape index (κ2) is 3.59. The zero-order chi connectivity index (χ0) is 8.27. The number of nitrogens with two attached hydrogens (primary N) is 2. The highest BCUT2D eigenvalue weighted by atomic mass is 32.2. The van der Waals surface area contributed by atoms with Gasteiger partial charge in [-0.2, -0.15) is 0 Å². The second-order valence-corrected chi connectivity index (χ2v) is 2.90. The predicted molar refractivity (Wildman–Crippen MR) is 48.3 cm³/mol. The van der Waals surface area contributed by atoms with Crippen molar-refractivity contribution in [2.24, 2.45) is 5.73 Å². The van der Waals surface area contributed by atoms with Crippen LogP contribution in [0.3, 0.4) is 0 Å². The number of hydrogen-bond acceptors (Lipinski definition) is 4. The van der Waals surface area contributed by atoms with E-state index in [1.165, 1.54) is 0 Å². The van der Waals surface area contributed by atoms with E-state index in [2.05, 4.69) is 4.98 Å². The Balaban J connectivity index is 3.06. The monoisotopic (exact) mass is 169 g/mol. The molecule has 4 N–H and O–H groups in total. The Morgan fingerprint density at radius 1 is 1.55 bits per heavy atom. The molecule has 0 aromatic carbocycles. The molecular formula is C7H11N3S. The minimum Gasteiger partial charge on any atom is -0.384 e. The third-order valence-corrected chi connectivity index (χ3v) is 2.11. The molecule has 3 nitrogen and oxygen atoms in total. The summed E-state index contributed by atoms with van der Waals surface area (Å²) < 4.78 is 0. The van der Waals surface area contributed by atoms with Crippen molar-refractivity contribution >= 4 is 17.6 Å². The Hall–Kier alpha value is -0.740. The lowest BCUT2D eigenvalue weighted by Crippen LogP contribution is -2.01. The highest BCUT2D eigenvalue weighted by Gasteiger charge is 2.00. The maximum Gasteiger partial charge on any atom is 0.124 e. The lowest BCUT2D eigenvalue weighted by atomic mass is 10.3. The van der Waals surface area contributed by atoms with E-state index in [0.29, 0.717) is 12.4 Å². The molecule has 11 heavy (non-hydrogen) atoms. The van der Waals surface area contributed by atoms with Gasteiger partial charge >= 0.3 is 0 Å². The predicted octanol–water partition coefficient (Wildman–Crippen LogP) is 0.844. The summed E-state index contributed by atoms with van der Waals surface area (Å²) in [5.74, 6) is 0.548.